The maximum atomic E-state index is 12.8. The molecule has 10 aromatic rings. The average Bonchev–Trinajstić information content (AvgIpc) is 1.65. The van der Waals surface area contributed by atoms with Crippen LogP contribution in [0.1, 0.15) is 254 Å². The number of hydrogen-bond acceptors (Lipinski definition) is 20. The molecule has 0 aliphatic rings. The molecule has 0 spiro atoms. The number of carboxylic acids is 1. The van der Waals surface area contributed by atoms with Crippen LogP contribution in [0.25, 0.3) is 54.5 Å². The van der Waals surface area contributed by atoms with E-state index in [4.69, 9.17) is 54.2 Å². The van der Waals surface area contributed by atoms with Gasteiger partial charge in [-0.15, -0.1) is 12.3 Å². The number of amides is 5. The van der Waals surface area contributed by atoms with Crippen molar-refractivity contribution in [2.24, 2.45) is 0 Å². The van der Waals surface area contributed by atoms with Crippen LogP contribution in [0.3, 0.4) is 0 Å². The number of esters is 1. The molecule has 766 valence electrons. The number of terminal acetylenes is 1. The molecule has 0 aliphatic carbocycles. The lowest BCUT2D eigenvalue weighted by Crippen LogP contribution is -2.41. The first-order valence-corrected chi connectivity index (χ1v) is 48.4. The number of fused-ring (bicyclic) bond motifs is 5. The highest BCUT2D eigenvalue weighted by Crippen LogP contribution is 2.31. The molecule has 0 saturated carbocycles. The predicted molar refractivity (Wildman–Crippen MR) is 558 cm³/mol. The van der Waals surface area contributed by atoms with Crippen LogP contribution in [0.15, 0.2) is 162 Å². The lowest BCUT2D eigenvalue weighted by atomic mass is 10.0. The zero-order valence-electron chi connectivity index (χ0n) is 86.8. The topological polar surface area (TPSA) is 398 Å². The number of rotatable bonds is 24. The number of aldehydes is 1. The molecule has 8 N–H and O–H groups in total. The van der Waals surface area contributed by atoms with E-state index < -0.39 is 118 Å². The summed E-state index contributed by atoms with van der Waals surface area (Å²) in [4.78, 5) is 139. The summed E-state index contributed by atoms with van der Waals surface area (Å²) in [6.07, 6.45) is 16.3. The third kappa shape index (κ3) is 44.3. The molecule has 0 unspecified atom stereocenters. The fourth-order valence-electron chi connectivity index (χ4n) is 13.8. The Morgan fingerprint density at radius 1 is 0.371 bits per heavy atom. The highest BCUT2D eigenvalue weighted by Gasteiger charge is 2.32. The van der Waals surface area contributed by atoms with E-state index in [1.165, 1.54) is 20.8 Å². The summed E-state index contributed by atoms with van der Waals surface area (Å²) in [7, 11) is 1.29. The molecule has 0 radical (unpaired) electrons. The first kappa shape index (κ1) is 120. The second-order valence-corrected chi connectivity index (χ2v) is 43.2. The number of nitrogens with one attached hydrogen (secondary N) is 7. The summed E-state index contributed by atoms with van der Waals surface area (Å²) < 4.78 is 53.2. The van der Waals surface area contributed by atoms with Crippen LogP contribution >= 0.6 is 31.9 Å². The van der Waals surface area contributed by atoms with Crippen LogP contribution in [-0.2, 0) is 89.1 Å². The largest absolute Gasteiger partial charge is 0.481 e. The zero-order valence-corrected chi connectivity index (χ0v) is 90.0. The van der Waals surface area contributed by atoms with Gasteiger partial charge in [-0.2, -0.15) is 0 Å². The van der Waals surface area contributed by atoms with Crippen molar-refractivity contribution in [1.82, 2.24) is 50.3 Å². The number of para-hydroxylation sites is 5. The second kappa shape index (κ2) is 54.3. The van der Waals surface area contributed by atoms with Crippen LogP contribution in [0.5, 0.6) is 0 Å². The molecule has 0 bridgehead atoms. The Bertz CT molecular complexity index is 5830. The van der Waals surface area contributed by atoms with E-state index in [9.17, 15) is 52.7 Å². The number of methoxy groups -OCH3 is 1. The first-order chi connectivity index (χ1) is 65.1. The number of benzene rings is 5. The molecule has 10 rings (SSSR count). The highest BCUT2D eigenvalue weighted by molar-refractivity contribution is 9.28. The molecule has 31 nitrogen and oxygen atoms in total. The van der Waals surface area contributed by atoms with Gasteiger partial charge in [0.25, 0.3) is 0 Å². The standard InChI is InChI=1S/C23H30Br2N2O4.C23H32N2O6.C23H30N2O4.C17H22N2O4.C17H22N2O3.2C2H6/c1-22(2,3)30-20(28)26-16(11-12-19(24)25)13-15-14-27(21(29)31-23(4,5)6)18-10-8-7-9-17(15)18;1-22(2,3)30-20(27)24-16(13-19(26)29-7)12-15-14-25(21(28)31-23(4,5)6)18-11-9-8-10-17(15)18;1-8-11-17(24-20(26)28-22(2,3)4)14-16-15-25(21(27)29-23(5,6)7)19-13-10-9-12-18(16)19;1-17(2,3)23-16(22)19-12(9-15(20)21)8-11-10-18-14-7-5-4-6-13(11)14;1-17(2,3)22-16(21)19-13(8-9-20)10-12-11-18-15-7-5-4-6-14(12)15;2*1-2/h7-10,12,14,16H,11,13H2,1-6H3,(H,26,28);8-11,14,16H,12-13H2,1-7H3,(H,24,27);1,9-10,12-13,15,17H,11,14H2,2-7H3,(H,24,26);4-7,10,12,18H,8-9H2,1-3H3,(H,19,22)(H,20,21);4-7,9,11,13,18H,8,10H2,1-3H3,(H,19,21);2*1-2H3/t2*16-;17-;12-;13-;;/m10101../s1. The molecule has 5 aromatic heterocycles. The van der Waals surface area contributed by atoms with Gasteiger partial charge in [-0.3, -0.25) is 23.3 Å². The van der Waals surface area contributed by atoms with E-state index in [1.54, 1.807) is 122 Å². The minimum Gasteiger partial charge on any atom is -0.481 e. The summed E-state index contributed by atoms with van der Waals surface area (Å²) in [5.74, 6) is 1.17. The number of alkyl carbamates (subject to hydrolysis) is 5. The molecule has 140 heavy (non-hydrogen) atoms. The molecule has 5 amide bonds. The summed E-state index contributed by atoms with van der Waals surface area (Å²) in [5, 5.41) is 27.8. The highest BCUT2D eigenvalue weighted by atomic mass is 79.9. The van der Waals surface area contributed by atoms with Gasteiger partial charge in [0, 0.05) is 112 Å². The maximum Gasteiger partial charge on any atom is 0.419 e. The van der Waals surface area contributed by atoms with Crippen molar-refractivity contribution >= 4 is 153 Å². The number of carbonyl (C=O) groups is 11. The smallest absolute Gasteiger partial charge is 0.419 e. The van der Waals surface area contributed by atoms with Gasteiger partial charge < -0.3 is 89.1 Å². The van der Waals surface area contributed by atoms with Crippen LogP contribution in [0.4, 0.5) is 38.4 Å². The van der Waals surface area contributed by atoms with E-state index in [2.05, 4.69) is 74.3 Å². The SMILES string of the molecule is C#CC[C@H](Cc1cn(C(=O)OC(C)(C)C)c2ccccc12)NC(=O)OC(C)(C)C.CC.CC.CC(C)(C)OC(=O)N[C@H](CC(=O)O)Cc1c[nH]c2ccccc12.CC(C)(C)OC(=O)N[C@H](CC=C(Br)Br)Cc1cn(C(=O)OC(C)(C)C)c2ccccc12.CC(C)(C)OC(=O)N[C@H](CC=O)Cc1c[nH]c2ccccc12.COC(=O)C[C@H](Cc1cn(C(=O)OC(C)(C)C)c2ccccc12)NC(=O)OC(C)(C)C. The molecule has 0 saturated heterocycles. The van der Waals surface area contributed by atoms with Crippen LogP contribution in [0.2, 0.25) is 0 Å². The Morgan fingerprint density at radius 2 is 0.629 bits per heavy atom. The van der Waals surface area contributed by atoms with Gasteiger partial charge in [-0.25, -0.2) is 38.4 Å². The summed E-state index contributed by atoms with van der Waals surface area (Å²) in [6.45, 7) is 51.3. The van der Waals surface area contributed by atoms with Crippen LogP contribution in [0, 0.1) is 12.3 Å². The van der Waals surface area contributed by atoms with E-state index >= 15 is 0 Å². The van der Waals surface area contributed by atoms with Crippen molar-refractivity contribution in [3.8, 4) is 12.3 Å². The van der Waals surface area contributed by atoms with Crippen molar-refractivity contribution in [2.75, 3.05) is 7.11 Å². The predicted octanol–water partition coefficient (Wildman–Crippen LogP) is 24.5. The summed E-state index contributed by atoms with van der Waals surface area (Å²) in [5.41, 5.74) is 3.95. The summed E-state index contributed by atoms with van der Waals surface area (Å²) in [6, 6.07) is 36.4. The quantitative estimate of drug-likeness (QED) is 0.0121. The van der Waals surface area contributed by atoms with Crippen LogP contribution in [-0.4, -0.2) is 178 Å². The third-order valence-corrected chi connectivity index (χ3v) is 19.5. The molecular weight excluding hydrogens is 1920 g/mol. The number of ether oxygens (including phenoxy) is 9. The van der Waals surface area contributed by atoms with Crippen molar-refractivity contribution in [3.63, 3.8) is 0 Å². The third-order valence-electron chi connectivity index (χ3n) is 18.8. The fraction of sp³-hybridized carbons (Fsp3) is 0.486. The van der Waals surface area contributed by atoms with Crippen molar-refractivity contribution in [1.29, 1.82) is 0 Å². The van der Waals surface area contributed by atoms with Crippen molar-refractivity contribution < 1.29 is 100 Å². The van der Waals surface area contributed by atoms with Crippen LogP contribution < -0.4 is 26.6 Å². The van der Waals surface area contributed by atoms with Gasteiger partial charge in [0.2, 0.25) is 0 Å². The van der Waals surface area contributed by atoms with E-state index in [1.807, 2.05) is 230 Å². The number of H-pyrrole nitrogens is 2. The molecule has 5 atom stereocenters. The Labute approximate surface area is 841 Å². The fourth-order valence-corrected chi connectivity index (χ4v) is 14.2. The van der Waals surface area contributed by atoms with Gasteiger partial charge in [0.15, 0.2) is 0 Å². The zero-order chi connectivity index (χ0) is 106. The molecule has 33 heteroatoms. The lowest BCUT2D eigenvalue weighted by molar-refractivity contribution is -0.141. The van der Waals surface area contributed by atoms with Gasteiger partial charge in [0.05, 0.1) is 39.9 Å². The Kier molecular flexibility index (Phi) is 46.4. The monoisotopic (exact) mass is 2070 g/mol. The molecule has 5 heterocycles. The van der Waals surface area contributed by atoms with E-state index in [0.717, 1.165) is 86.5 Å². The molecule has 0 aliphatic heterocycles. The minimum absolute atomic E-state index is 0.0400. The number of hydrogen-bond donors (Lipinski definition) is 8. The summed E-state index contributed by atoms with van der Waals surface area (Å²) >= 11 is 6.73. The average molecular weight is 2070 g/mol. The normalized spacial score (nSPS) is 12.6. The minimum atomic E-state index is -0.967. The molecular formula is C107H148Br2N10O21. The number of halogens is 2. The molecule has 5 aromatic carbocycles. The number of aliphatic carboxylic acids is 1. The lowest BCUT2D eigenvalue weighted by Gasteiger charge is -2.23. The van der Waals surface area contributed by atoms with Crippen molar-refractivity contribution in [2.45, 2.75) is 333 Å². The Morgan fingerprint density at radius 3 is 0.921 bits per heavy atom. The number of carbonyl (C=O) groups excluding carboxylic acids is 10. The Hall–Kier alpha value is -12.6. The maximum absolute atomic E-state index is 12.8. The second-order valence-electron chi connectivity index (χ2n) is 40.4. The number of aromatic amines is 2. The van der Waals surface area contributed by atoms with Gasteiger partial charge in [0.1, 0.15) is 51.1 Å². The van der Waals surface area contributed by atoms with E-state index in [0.29, 0.717) is 50.5 Å². The van der Waals surface area contributed by atoms with Gasteiger partial charge >= 0.3 is 60.7 Å². The number of nitrogens with zero attached hydrogens (tertiary/aromatic N) is 3. The number of aromatic nitrogens is 5. The van der Waals surface area contributed by atoms with Gasteiger partial charge in [-0.1, -0.05) is 125 Å². The van der Waals surface area contributed by atoms with Crippen molar-refractivity contribution in [3.05, 3.63) is 190 Å². The van der Waals surface area contributed by atoms with E-state index in [-0.39, 0.29) is 37.4 Å². The Balaban J connectivity index is 0.000000364. The van der Waals surface area contributed by atoms with Gasteiger partial charge in [-0.05, 0) is 295 Å². The first-order valence-electron chi connectivity index (χ1n) is 46.8. The molecule has 0 fully saturated rings. The number of carboxylic acid groups (broad SMARTS) is 1.